The topological polar surface area (TPSA) is 92.4 Å². The third-order valence-corrected chi connectivity index (χ3v) is 4.16. The fraction of sp³-hybridized carbons (Fsp3) is 0.467. The Bertz CT molecular complexity index is 566. The van der Waals surface area contributed by atoms with E-state index < -0.39 is 23.2 Å². The maximum absolute atomic E-state index is 14.0. The normalized spacial score (nSPS) is 25.3. The summed E-state index contributed by atoms with van der Waals surface area (Å²) in [5.74, 6) is -1.90. The quantitative estimate of drug-likeness (QED) is 0.795. The number of nitrogens with two attached hydrogens (primary N) is 1. The zero-order valence-electron chi connectivity index (χ0n) is 11.9. The first-order chi connectivity index (χ1) is 9.84. The lowest BCUT2D eigenvalue weighted by atomic mass is 9.77. The highest BCUT2D eigenvalue weighted by atomic mass is 19.1. The average Bonchev–Trinajstić information content (AvgIpc) is 2.43. The van der Waals surface area contributed by atoms with Gasteiger partial charge in [0.2, 0.25) is 5.91 Å². The van der Waals surface area contributed by atoms with E-state index in [1.165, 1.54) is 12.1 Å². The number of halogens is 1. The molecule has 1 aromatic rings. The molecule has 6 heteroatoms. The summed E-state index contributed by atoms with van der Waals surface area (Å²) in [6.07, 6.45) is 2.45. The van der Waals surface area contributed by atoms with Crippen LogP contribution in [0.2, 0.25) is 0 Å². The molecule has 1 saturated carbocycles. The van der Waals surface area contributed by atoms with Gasteiger partial charge in [-0.2, -0.15) is 0 Å². The molecule has 21 heavy (non-hydrogen) atoms. The number of primary amides is 1. The molecule has 4 N–H and O–H groups in total. The predicted molar refractivity (Wildman–Crippen MR) is 76.5 cm³/mol. The Balaban J connectivity index is 2.26. The van der Waals surface area contributed by atoms with E-state index in [-0.39, 0.29) is 11.3 Å². The molecule has 1 aliphatic carbocycles. The Morgan fingerprint density at radius 2 is 2.00 bits per heavy atom. The molecule has 2 rings (SSSR count). The van der Waals surface area contributed by atoms with Crippen LogP contribution in [0.4, 0.5) is 10.1 Å². The Morgan fingerprint density at radius 3 is 2.48 bits per heavy atom. The second-order valence-corrected chi connectivity index (χ2v) is 5.75. The van der Waals surface area contributed by atoms with Gasteiger partial charge in [-0.25, -0.2) is 9.18 Å². The summed E-state index contributed by atoms with van der Waals surface area (Å²) in [7, 11) is 0. The molecular weight excluding hydrogens is 275 g/mol. The number of carbonyl (C=O) groups is 2. The van der Waals surface area contributed by atoms with E-state index in [0.29, 0.717) is 18.8 Å². The van der Waals surface area contributed by atoms with Crippen LogP contribution in [0.25, 0.3) is 0 Å². The van der Waals surface area contributed by atoms with Gasteiger partial charge in [-0.15, -0.1) is 0 Å². The molecule has 5 nitrogen and oxygen atoms in total. The first kappa shape index (κ1) is 15.3. The van der Waals surface area contributed by atoms with Gasteiger partial charge in [0.1, 0.15) is 11.4 Å². The summed E-state index contributed by atoms with van der Waals surface area (Å²) in [4.78, 5) is 22.6. The summed E-state index contributed by atoms with van der Waals surface area (Å²) in [6.45, 7) is 2.08. The summed E-state index contributed by atoms with van der Waals surface area (Å²) >= 11 is 0. The minimum Gasteiger partial charge on any atom is -0.480 e. The van der Waals surface area contributed by atoms with Crippen LogP contribution >= 0.6 is 0 Å². The lowest BCUT2D eigenvalue weighted by Gasteiger charge is -2.37. The standard InChI is InChI=1S/C15H19FN2O3/c1-9-4-6-15(7-5-9,14(20)21)18-12-3-2-10(13(17)19)8-11(12)16/h2-3,8-9,18H,4-7H2,1H3,(H2,17,19)(H,20,21). The van der Waals surface area contributed by atoms with Crippen LogP contribution in [0.3, 0.4) is 0 Å². The number of benzene rings is 1. The lowest BCUT2D eigenvalue weighted by Crippen LogP contribution is -2.49. The molecule has 0 radical (unpaired) electrons. The molecule has 1 amide bonds. The first-order valence-corrected chi connectivity index (χ1v) is 6.95. The van der Waals surface area contributed by atoms with Crippen molar-refractivity contribution in [3.63, 3.8) is 0 Å². The van der Waals surface area contributed by atoms with Crippen molar-refractivity contribution < 1.29 is 19.1 Å². The van der Waals surface area contributed by atoms with Gasteiger partial charge in [-0.05, 0) is 49.8 Å². The van der Waals surface area contributed by atoms with Gasteiger partial charge in [-0.1, -0.05) is 6.92 Å². The van der Waals surface area contributed by atoms with Crippen molar-refractivity contribution >= 4 is 17.6 Å². The highest BCUT2D eigenvalue weighted by Gasteiger charge is 2.41. The number of hydrogen-bond acceptors (Lipinski definition) is 3. The van der Waals surface area contributed by atoms with Gasteiger partial charge < -0.3 is 16.2 Å². The van der Waals surface area contributed by atoms with E-state index in [0.717, 1.165) is 18.9 Å². The number of anilines is 1. The highest BCUT2D eigenvalue weighted by Crippen LogP contribution is 2.35. The summed E-state index contributed by atoms with van der Waals surface area (Å²) < 4.78 is 14.0. The minimum atomic E-state index is -1.15. The Morgan fingerprint density at radius 1 is 1.38 bits per heavy atom. The van der Waals surface area contributed by atoms with E-state index in [2.05, 4.69) is 12.2 Å². The summed E-state index contributed by atoms with van der Waals surface area (Å²) in [6, 6.07) is 3.76. The molecule has 0 bridgehead atoms. The highest BCUT2D eigenvalue weighted by molar-refractivity contribution is 5.93. The summed E-state index contributed by atoms with van der Waals surface area (Å²) in [5.41, 5.74) is 4.07. The van der Waals surface area contributed by atoms with E-state index in [9.17, 15) is 19.1 Å². The number of carboxylic acids is 1. The summed E-state index contributed by atoms with van der Waals surface area (Å²) in [5, 5.41) is 12.3. The first-order valence-electron chi connectivity index (χ1n) is 6.95. The van der Waals surface area contributed by atoms with Crippen LogP contribution in [0.15, 0.2) is 18.2 Å². The van der Waals surface area contributed by atoms with Crippen LogP contribution in [-0.4, -0.2) is 22.5 Å². The minimum absolute atomic E-state index is 0.0553. The smallest absolute Gasteiger partial charge is 0.329 e. The molecule has 0 aliphatic heterocycles. The number of carbonyl (C=O) groups excluding carboxylic acids is 1. The van der Waals surface area contributed by atoms with Gasteiger partial charge in [0, 0.05) is 5.56 Å². The Hall–Kier alpha value is -2.11. The van der Waals surface area contributed by atoms with Gasteiger partial charge in [0.05, 0.1) is 5.69 Å². The van der Waals surface area contributed by atoms with Crippen LogP contribution in [0, 0.1) is 11.7 Å². The fourth-order valence-electron chi connectivity index (χ4n) is 2.67. The van der Waals surface area contributed by atoms with Crippen LogP contribution in [0.5, 0.6) is 0 Å². The molecule has 0 atom stereocenters. The number of aliphatic carboxylic acids is 1. The molecule has 0 spiro atoms. The van der Waals surface area contributed by atoms with E-state index in [4.69, 9.17) is 5.73 Å². The van der Waals surface area contributed by atoms with Crippen molar-refractivity contribution in [2.75, 3.05) is 5.32 Å². The van der Waals surface area contributed by atoms with Crippen molar-refractivity contribution in [3.8, 4) is 0 Å². The molecule has 114 valence electrons. The molecular formula is C15H19FN2O3. The van der Waals surface area contributed by atoms with Crippen LogP contribution in [-0.2, 0) is 4.79 Å². The van der Waals surface area contributed by atoms with Crippen molar-refractivity contribution in [2.45, 2.75) is 38.1 Å². The second kappa shape index (κ2) is 5.71. The predicted octanol–water partition coefficient (Wildman–Crippen LogP) is 2.37. The number of carboxylic acid groups (broad SMARTS) is 1. The molecule has 1 aromatic carbocycles. The second-order valence-electron chi connectivity index (χ2n) is 5.75. The zero-order valence-corrected chi connectivity index (χ0v) is 11.9. The Kier molecular flexibility index (Phi) is 4.16. The van der Waals surface area contributed by atoms with E-state index in [1.54, 1.807) is 0 Å². The number of nitrogens with one attached hydrogen (secondary N) is 1. The van der Waals surface area contributed by atoms with Crippen molar-refractivity contribution in [2.24, 2.45) is 11.7 Å². The zero-order chi connectivity index (χ0) is 15.6. The molecule has 0 heterocycles. The molecule has 0 saturated heterocycles. The van der Waals surface area contributed by atoms with E-state index in [1.807, 2.05) is 0 Å². The molecule has 1 aliphatic rings. The number of rotatable bonds is 4. The van der Waals surface area contributed by atoms with Gasteiger partial charge in [-0.3, -0.25) is 4.79 Å². The maximum atomic E-state index is 14.0. The number of hydrogen-bond donors (Lipinski definition) is 3. The van der Waals surface area contributed by atoms with Gasteiger partial charge in [0.25, 0.3) is 0 Å². The number of amides is 1. The van der Waals surface area contributed by atoms with Gasteiger partial charge >= 0.3 is 5.97 Å². The van der Waals surface area contributed by atoms with Gasteiger partial charge in [0.15, 0.2) is 0 Å². The van der Waals surface area contributed by atoms with Crippen molar-refractivity contribution in [1.82, 2.24) is 0 Å². The maximum Gasteiger partial charge on any atom is 0.329 e. The van der Waals surface area contributed by atoms with Crippen molar-refractivity contribution in [3.05, 3.63) is 29.6 Å². The monoisotopic (exact) mass is 294 g/mol. The molecule has 0 unspecified atom stereocenters. The fourth-order valence-corrected chi connectivity index (χ4v) is 2.67. The van der Waals surface area contributed by atoms with Crippen LogP contribution in [0.1, 0.15) is 43.0 Å². The van der Waals surface area contributed by atoms with E-state index >= 15 is 0 Å². The molecule has 1 fully saturated rings. The molecule has 0 aromatic heterocycles. The average molecular weight is 294 g/mol. The largest absolute Gasteiger partial charge is 0.480 e. The third kappa shape index (κ3) is 3.15. The van der Waals surface area contributed by atoms with Crippen molar-refractivity contribution in [1.29, 1.82) is 0 Å². The third-order valence-electron chi connectivity index (χ3n) is 4.16. The lowest BCUT2D eigenvalue weighted by molar-refractivity contribution is -0.143. The van der Waals surface area contributed by atoms with Crippen LogP contribution < -0.4 is 11.1 Å². The Labute approximate surface area is 122 Å². The SMILES string of the molecule is CC1CCC(Nc2ccc(C(N)=O)cc2F)(C(=O)O)CC1.